The van der Waals surface area contributed by atoms with Crippen LogP contribution in [0, 0.1) is 6.92 Å². The lowest BCUT2D eigenvalue weighted by Crippen LogP contribution is -2.04. The lowest BCUT2D eigenvalue weighted by molar-refractivity contribution is -0.115. The van der Waals surface area contributed by atoms with Gasteiger partial charge in [-0.3, -0.25) is 4.79 Å². The van der Waals surface area contributed by atoms with E-state index in [4.69, 9.17) is 16.3 Å². The number of carbonyl (C=O) groups excluding carboxylic acids is 1. The second-order valence-electron chi connectivity index (χ2n) is 4.73. The Morgan fingerprint density at radius 1 is 1.40 bits per heavy atom. The summed E-state index contributed by atoms with van der Waals surface area (Å²) in [6.07, 6.45) is 2.00. The number of halogens is 1. The molecule has 1 aromatic carbocycles. The molecule has 1 aliphatic rings. The third-order valence-corrected chi connectivity index (χ3v) is 3.69. The van der Waals surface area contributed by atoms with Crippen LogP contribution in [-0.2, 0) is 11.2 Å². The van der Waals surface area contributed by atoms with Crippen molar-refractivity contribution in [3.8, 4) is 17.0 Å². The Balaban J connectivity index is 2.20. The number of anilines is 1. The van der Waals surface area contributed by atoms with Crippen LogP contribution >= 0.6 is 11.6 Å². The lowest BCUT2D eigenvalue weighted by Gasteiger charge is -2.12. The average molecular weight is 289 g/mol. The Bertz CT molecular complexity index is 713. The van der Waals surface area contributed by atoms with Crippen molar-refractivity contribution in [3.05, 3.63) is 40.5 Å². The number of benzene rings is 1. The molecule has 0 atom stereocenters. The second-order valence-corrected chi connectivity index (χ2v) is 5.14. The van der Waals surface area contributed by atoms with Crippen molar-refractivity contribution in [3.63, 3.8) is 0 Å². The normalized spacial score (nSPS) is 13.1. The molecule has 1 N–H and O–H groups in total. The molecule has 1 aromatic heterocycles. The number of nitrogens with one attached hydrogen (secondary N) is 1. The van der Waals surface area contributed by atoms with Gasteiger partial charge in [0, 0.05) is 11.9 Å². The van der Waals surface area contributed by atoms with Gasteiger partial charge in [-0.1, -0.05) is 11.6 Å². The number of rotatable bonds is 2. The van der Waals surface area contributed by atoms with Gasteiger partial charge in [-0.15, -0.1) is 0 Å². The monoisotopic (exact) mass is 288 g/mol. The van der Waals surface area contributed by atoms with Gasteiger partial charge < -0.3 is 10.1 Å². The summed E-state index contributed by atoms with van der Waals surface area (Å²) >= 11 is 6.27. The molecule has 0 bridgehead atoms. The fourth-order valence-corrected chi connectivity index (χ4v) is 2.76. The van der Waals surface area contributed by atoms with E-state index in [1.165, 1.54) is 0 Å². The first-order valence-electron chi connectivity index (χ1n) is 6.22. The van der Waals surface area contributed by atoms with E-state index in [1.807, 2.05) is 19.1 Å². The van der Waals surface area contributed by atoms with Gasteiger partial charge >= 0.3 is 0 Å². The van der Waals surface area contributed by atoms with Gasteiger partial charge in [-0.2, -0.15) is 0 Å². The Kier molecular flexibility index (Phi) is 3.10. The van der Waals surface area contributed by atoms with Crippen molar-refractivity contribution in [1.82, 2.24) is 4.98 Å². The lowest BCUT2D eigenvalue weighted by atomic mass is 9.99. The van der Waals surface area contributed by atoms with Gasteiger partial charge in [-0.25, -0.2) is 4.98 Å². The fraction of sp³-hybridized carbons (Fsp3) is 0.200. The molecule has 1 aliphatic heterocycles. The molecule has 102 valence electrons. The molecule has 20 heavy (non-hydrogen) atoms. The molecule has 0 fully saturated rings. The van der Waals surface area contributed by atoms with Gasteiger partial charge in [-0.05, 0) is 41.8 Å². The van der Waals surface area contributed by atoms with E-state index >= 15 is 0 Å². The maximum absolute atomic E-state index is 11.5. The first kappa shape index (κ1) is 12.9. The average Bonchev–Trinajstić information content (AvgIpc) is 2.79. The number of aryl methyl sites for hydroxylation is 1. The van der Waals surface area contributed by atoms with E-state index in [9.17, 15) is 4.79 Å². The number of ether oxygens (including phenoxy) is 1. The topological polar surface area (TPSA) is 51.2 Å². The van der Waals surface area contributed by atoms with E-state index in [-0.39, 0.29) is 5.91 Å². The van der Waals surface area contributed by atoms with Crippen molar-refractivity contribution in [1.29, 1.82) is 0 Å². The minimum Gasteiger partial charge on any atom is -0.481 e. The highest BCUT2D eigenvalue weighted by molar-refractivity contribution is 6.33. The van der Waals surface area contributed by atoms with Crippen LogP contribution in [0.25, 0.3) is 11.1 Å². The van der Waals surface area contributed by atoms with Crippen molar-refractivity contribution in [2.45, 2.75) is 13.3 Å². The summed E-state index contributed by atoms with van der Waals surface area (Å²) < 4.78 is 5.28. The molecular weight excluding hydrogens is 276 g/mol. The summed E-state index contributed by atoms with van der Waals surface area (Å²) in [5.74, 6) is 0.499. The van der Waals surface area contributed by atoms with Crippen LogP contribution < -0.4 is 10.1 Å². The van der Waals surface area contributed by atoms with Gasteiger partial charge in [0.15, 0.2) is 0 Å². The first-order valence-corrected chi connectivity index (χ1v) is 6.60. The molecule has 5 heteroatoms. The van der Waals surface area contributed by atoms with E-state index in [1.54, 1.807) is 19.4 Å². The highest BCUT2D eigenvalue weighted by Crippen LogP contribution is 2.39. The Labute approximate surface area is 121 Å². The van der Waals surface area contributed by atoms with Crippen LogP contribution in [0.15, 0.2) is 24.4 Å². The molecule has 0 saturated heterocycles. The number of methoxy groups -OCH3 is 1. The van der Waals surface area contributed by atoms with E-state index in [0.29, 0.717) is 17.3 Å². The largest absolute Gasteiger partial charge is 0.481 e. The number of pyridine rings is 1. The number of hydrogen-bond donors (Lipinski definition) is 1. The van der Waals surface area contributed by atoms with Crippen LogP contribution in [0.2, 0.25) is 5.02 Å². The molecule has 0 aliphatic carbocycles. The minimum absolute atomic E-state index is 0.0181. The molecule has 4 nitrogen and oxygen atoms in total. The molecule has 3 rings (SSSR count). The predicted molar refractivity (Wildman–Crippen MR) is 78.3 cm³/mol. The Morgan fingerprint density at radius 3 is 2.95 bits per heavy atom. The second kappa shape index (κ2) is 4.80. The third kappa shape index (κ3) is 2.02. The maximum Gasteiger partial charge on any atom is 0.228 e. The van der Waals surface area contributed by atoms with Crippen molar-refractivity contribution < 1.29 is 9.53 Å². The zero-order valence-corrected chi connectivity index (χ0v) is 11.9. The van der Waals surface area contributed by atoms with Crippen molar-refractivity contribution in [2.75, 3.05) is 12.4 Å². The van der Waals surface area contributed by atoms with Crippen LogP contribution in [0.1, 0.15) is 11.1 Å². The number of fused-ring (bicyclic) bond motifs is 1. The number of aromatic nitrogens is 1. The minimum atomic E-state index is 0.0181. The SMILES string of the molecule is COc1nccc(Cl)c1-c1cc(C)c2c(c1)CC(=O)N2. The molecular formula is C15H13ClN2O2. The van der Waals surface area contributed by atoms with E-state index in [2.05, 4.69) is 10.3 Å². The fourth-order valence-electron chi connectivity index (χ4n) is 2.52. The molecule has 0 saturated carbocycles. The van der Waals surface area contributed by atoms with E-state index < -0.39 is 0 Å². The third-order valence-electron chi connectivity index (χ3n) is 3.38. The maximum atomic E-state index is 11.5. The quantitative estimate of drug-likeness (QED) is 0.923. The Hall–Kier alpha value is -2.07. The van der Waals surface area contributed by atoms with Gasteiger partial charge in [0.2, 0.25) is 11.8 Å². The molecule has 0 radical (unpaired) electrons. The Morgan fingerprint density at radius 2 is 2.20 bits per heavy atom. The number of nitrogens with zero attached hydrogens (tertiary/aromatic N) is 1. The van der Waals surface area contributed by atoms with Crippen LogP contribution in [0.5, 0.6) is 5.88 Å². The summed E-state index contributed by atoms with van der Waals surface area (Å²) in [6, 6.07) is 5.67. The first-order chi connectivity index (χ1) is 9.60. The zero-order chi connectivity index (χ0) is 14.3. The van der Waals surface area contributed by atoms with E-state index in [0.717, 1.165) is 27.9 Å². The number of hydrogen-bond acceptors (Lipinski definition) is 3. The highest BCUT2D eigenvalue weighted by Gasteiger charge is 2.22. The predicted octanol–water partition coefficient (Wildman–Crippen LogP) is 3.21. The van der Waals surface area contributed by atoms with Gasteiger partial charge in [0.1, 0.15) is 0 Å². The smallest absolute Gasteiger partial charge is 0.228 e. The molecule has 2 aromatic rings. The highest BCUT2D eigenvalue weighted by atomic mass is 35.5. The zero-order valence-electron chi connectivity index (χ0n) is 11.2. The summed E-state index contributed by atoms with van der Waals surface area (Å²) in [5.41, 5.74) is 4.55. The standard InChI is InChI=1S/C15H13ClN2O2/c1-8-5-9(6-10-7-12(19)18-14(8)10)13-11(16)3-4-17-15(13)20-2/h3-6H,7H2,1-2H3,(H,18,19). The molecule has 0 unspecified atom stereocenters. The summed E-state index contributed by atoms with van der Waals surface area (Å²) in [5, 5.41) is 3.45. The molecule has 1 amide bonds. The van der Waals surface area contributed by atoms with Crippen molar-refractivity contribution >= 4 is 23.2 Å². The van der Waals surface area contributed by atoms with Gasteiger partial charge in [0.05, 0.1) is 24.1 Å². The van der Waals surface area contributed by atoms with Crippen LogP contribution in [-0.4, -0.2) is 18.0 Å². The van der Waals surface area contributed by atoms with Crippen molar-refractivity contribution in [2.24, 2.45) is 0 Å². The number of amides is 1. The number of carbonyl (C=O) groups is 1. The van der Waals surface area contributed by atoms with Crippen LogP contribution in [0.4, 0.5) is 5.69 Å². The molecule has 2 heterocycles. The summed E-state index contributed by atoms with van der Waals surface area (Å²) in [7, 11) is 1.56. The summed E-state index contributed by atoms with van der Waals surface area (Å²) in [6.45, 7) is 1.96. The van der Waals surface area contributed by atoms with Gasteiger partial charge in [0.25, 0.3) is 0 Å². The van der Waals surface area contributed by atoms with Crippen LogP contribution in [0.3, 0.4) is 0 Å². The molecule has 0 spiro atoms. The summed E-state index contributed by atoms with van der Waals surface area (Å²) in [4.78, 5) is 15.7.